The fourth-order valence-corrected chi connectivity index (χ4v) is 2.69. The largest absolute Gasteiger partial charge is 0.396 e. The molecule has 0 aromatic heterocycles. The molecule has 3 heteroatoms. The molecule has 1 saturated heterocycles. The molecule has 2 fully saturated rings. The maximum atomic E-state index is 9.00. The first-order valence-electron chi connectivity index (χ1n) is 4.31. The summed E-state index contributed by atoms with van der Waals surface area (Å²) < 4.78 is 0. The fraction of sp³-hybridized carbons (Fsp3) is 1.00. The number of aliphatic hydroxyl groups is 2. The molecule has 1 aliphatic carbocycles. The summed E-state index contributed by atoms with van der Waals surface area (Å²) in [5.74, 6) is 1.99. The predicted octanol–water partition coefficient (Wildman–Crippen LogP) is -0.947. The summed E-state index contributed by atoms with van der Waals surface area (Å²) >= 11 is 0. The van der Waals surface area contributed by atoms with Crippen molar-refractivity contribution in [2.24, 2.45) is 23.7 Å². The molecule has 11 heavy (non-hydrogen) atoms. The molecular formula is C8H15NO2. The minimum Gasteiger partial charge on any atom is -0.396 e. The number of nitrogens with one attached hydrogen (secondary N) is 1. The lowest BCUT2D eigenvalue weighted by atomic mass is 9.59. The SMILES string of the molecule is OCC1C(CO)C2CNCC12. The molecule has 1 heterocycles. The van der Waals surface area contributed by atoms with Gasteiger partial charge in [0.2, 0.25) is 0 Å². The van der Waals surface area contributed by atoms with Gasteiger partial charge >= 0.3 is 0 Å². The van der Waals surface area contributed by atoms with E-state index in [0.29, 0.717) is 23.7 Å². The van der Waals surface area contributed by atoms with Crippen molar-refractivity contribution in [3.63, 3.8) is 0 Å². The van der Waals surface area contributed by atoms with Crippen molar-refractivity contribution in [1.29, 1.82) is 0 Å². The maximum absolute atomic E-state index is 9.00. The van der Waals surface area contributed by atoms with Crippen molar-refractivity contribution in [1.82, 2.24) is 5.32 Å². The van der Waals surface area contributed by atoms with Gasteiger partial charge in [-0.2, -0.15) is 0 Å². The minimum atomic E-state index is 0.244. The van der Waals surface area contributed by atoms with E-state index in [0.717, 1.165) is 13.1 Å². The maximum Gasteiger partial charge on any atom is 0.0466 e. The molecule has 0 bridgehead atoms. The Morgan fingerprint density at radius 1 is 1.00 bits per heavy atom. The third-order valence-electron chi connectivity index (χ3n) is 3.38. The Hall–Kier alpha value is -0.120. The number of rotatable bonds is 2. The van der Waals surface area contributed by atoms with Crippen LogP contribution < -0.4 is 5.32 Å². The van der Waals surface area contributed by atoms with Gasteiger partial charge in [-0.3, -0.25) is 0 Å². The molecule has 0 amide bonds. The molecule has 4 unspecified atom stereocenters. The van der Waals surface area contributed by atoms with Gasteiger partial charge in [0, 0.05) is 13.2 Å². The third-order valence-corrected chi connectivity index (χ3v) is 3.38. The van der Waals surface area contributed by atoms with E-state index in [2.05, 4.69) is 5.32 Å². The van der Waals surface area contributed by atoms with Crippen LogP contribution >= 0.6 is 0 Å². The predicted molar refractivity (Wildman–Crippen MR) is 41.0 cm³/mol. The van der Waals surface area contributed by atoms with E-state index >= 15 is 0 Å². The van der Waals surface area contributed by atoms with E-state index in [1.165, 1.54) is 0 Å². The van der Waals surface area contributed by atoms with E-state index in [4.69, 9.17) is 10.2 Å². The van der Waals surface area contributed by atoms with E-state index in [-0.39, 0.29) is 13.2 Å². The molecule has 0 aromatic rings. The fourth-order valence-electron chi connectivity index (χ4n) is 2.69. The van der Waals surface area contributed by atoms with Gasteiger partial charge in [-0.25, -0.2) is 0 Å². The van der Waals surface area contributed by atoms with Crippen molar-refractivity contribution >= 4 is 0 Å². The first-order chi connectivity index (χ1) is 5.38. The van der Waals surface area contributed by atoms with Crippen molar-refractivity contribution in [3.8, 4) is 0 Å². The monoisotopic (exact) mass is 157 g/mol. The van der Waals surface area contributed by atoms with Crippen LogP contribution in [0.3, 0.4) is 0 Å². The van der Waals surface area contributed by atoms with Crippen LogP contribution in [0.5, 0.6) is 0 Å². The van der Waals surface area contributed by atoms with Gasteiger partial charge in [-0.05, 0) is 36.8 Å². The average Bonchev–Trinajstić information content (AvgIpc) is 2.36. The van der Waals surface area contributed by atoms with Gasteiger partial charge in [-0.15, -0.1) is 0 Å². The Morgan fingerprint density at radius 2 is 1.45 bits per heavy atom. The van der Waals surface area contributed by atoms with Gasteiger partial charge < -0.3 is 15.5 Å². The Morgan fingerprint density at radius 3 is 1.82 bits per heavy atom. The molecule has 1 saturated carbocycles. The van der Waals surface area contributed by atoms with E-state index < -0.39 is 0 Å². The summed E-state index contributed by atoms with van der Waals surface area (Å²) in [6.45, 7) is 2.56. The van der Waals surface area contributed by atoms with Crippen molar-refractivity contribution < 1.29 is 10.2 Å². The highest BCUT2D eigenvalue weighted by Gasteiger charge is 2.51. The van der Waals surface area contributed by atoms with E-state index in [1.54, 1.807) is 0 Å². The molecule has 2 rings (SSSR count). The second kappa shape index (κ2) is 2.73. The zero-order chi connectivity index (χ0) is 7.84. The highest BCUT2D eigenvalue weighted by molar-refractivity contribution is 5.01. The highest BCUT2D eigenvalue weighted by Crippen LogP contribution is 2.47. The number of fused-ring (bicyclic) bond motifs is 1. The molecule has 1 aliphatic heterocycles. The lowest BCUT2D eigenvalue weighted by Crippen LogP contribution is -2.49. The smallest absolute Gasteiger partial charge is 0.0466 e. The summed E-state index contributed by atoms with van der Waals surface area (Å²) in [5, 5.41) is 21.3. The van der Waals surface area contributed by atoms with Gasteiger partial charge in [0.25, 0.3) is 0 Å². The molecule has 0 radical (unpaired) electrons. The second-order valence-corrected chi connectivity index (χ2v) is 3.68. The summed E-state index contributed by atoms with van der Waals surface area (Å²) in [7, 11) is 0. The van der Waals surface area contributed by atoms with Crippen molar-refractivity contribution in [3.05, 3.63) is 0 Å². The van der Waals surface area contributed by atoms with Gasteiger partial charge in [0.15, 0.2) is 0 Å². The Labute approximate surface area is 66.4 Å². The van der Waals surface area contributed by atoms with Crippen LogP contribution in [0.25, 0.3) is 0 Å². The lowest BCUT2D eigenvalue weighted by molar-refractivity contribution is -0.0516. The Kier molecular flexibility index (Phi) is 1.87. The molecule has 4 atom stereocenters. The zero-order valence-corrected chi connectivity index (χ0v) is 6.53. The average molecular weight is 157 g/mol. The highest BCUT2D eigenvalue weighted by atomic mass is 16.3. The van der Waals surface area contributed by atoms with Crippen LogP contribution in [-0.2, 0) is 0 Å². The molecule has 3 N–H and O–H groups in total. The standard InChI is InChI=1S/C8H15NO2/c10-3-7-5-1-9-2-6(5)8(7)4-11/h5-11H,1-4H2. The summed E-state index contributed by atoms with van der Waals surface area (Å²) in [6, 6.07) is 0. The number of hydrogen-bond acceptors (Lipinski definition) is 3. The Bertz CT molecular complexity index is 135. The topological polar surface area (TPSA) is 52.5 Å². The van der Waals surface area contributed by atoms with Crippen LogP contribution in [0, 0.1) is 23.7 Å². The van der Waals surface area contributed by atoms with Crippen LogP contribution in [0.4, 0.5) is 0 Å². The third kappa shape index (κ3) is 0.916. The van der Waals surface area contributed by atoms with Crippen LogP contribution in [0.1, 0.15) is 0 Å². The van der Waals surface area contributed by atoms with Crippen LogP contribution in [0.2, 0.25) is 0 Å². The lowest BCUT2D eigenvalue weighted by Gasteiger charge is -2.46. The second-order valence-electron chi connectivity index (χ2n) is 3.68. The molecule has 0 aromatic carbocycles. The van der Waals surface area contributed by atoms with E-state index in [1.807, 2.05) is 0 Å². The number of aliphatic hydroxyl groups excluding tert-OH is 2. The van der Waals surface area contributed by atoms with Gasteiger partial charge in [0.1, 0.15) is 0 Å². The molecular weight excluding hydrogens is 142 g/mol. The van der Waals surface area contributed by atoms with Crippen molar-refractivity contribution in [2.75, 3.05) is 26.3 Å². The molecule has 2 aliphatic rings. The summed E-state index contributed by atoms with van der Waals surface area (Å²) in [5.41, 5.74) is 0. The summed E-state index contributed by atoms with van der Waals surface area (Å²) in [4.78, 5) is 0. The molecule has 3 nitrogen and oxygen atoms in total. The first kappa shape index (κ1) is 7.53. The molecule has 64 valence electrons. The molecule has 0 spiro atoms. The first-order valence-corrected chi connectivity index (χ1v) is 4.31. The Balaban J connectivity index is 2.00. The van der Waals surface area contributed by atoms with E-state index in [9.17, 15) is 0 Å². The van der Waals surface area contributed by atoms with Gasteiger partial charge in [0.05, 0.1) is 0 Å². The van der Waals surface area contributed by atoms with Crippen LogP contribution in [0.15, 0.2) is 0 Å². The van der Waals surface area contributed by atoms with Crippen molar-refractivity contribution in [2.45, 2.75) is 0 Å². The summed E-state index contributed by atoms with van der Waals surface area (Å²) in [6.07, 6.45) is 0. The number of hydrogen-bond donors (Lipinski definition) is 3. The minimum absolute atomic E-state index is 0.244. The van der Waals surface area contributed by atoms with Gasteiger partial charge in [-0.1, -0.05) is 0 Å². The zero-order valence-electron chi connectivity index (χ0n) is 6.53. The van der Waals surface area contributed by atoms with Crippen LogP contribution in [-0.4, -0.2) is 36.5 Å². The normalized spacial score (nSPS) is 48.5. The quantitative estimate of drug-likeness (QED) is 0.484.